The molecule has 3 heterocycles. The van der Waals surface area contributed by atoms with Gasteiger partial charge in [-0.25, -0.2) is 0 Å². The Morgan fingerprint density at radius 1 is 1.24 bits per heavy atom. The van der Waals surface area contributed by atoms with Gasteiger partial charge in [0.15, 0.2) is 0 Å². The summed E-state index contributed by atoms with van der Waals surface area (Å²) in [4.78, 5) is 15.6. The van der Waals surface area contributed by atoms with E-state index in [1.54, 1.807) is 0 Å². The molecule has 0 spiro atoms. The van der Waals surface area contributed by atoms with Crippen LogP contribution >= 0.6 is 0 Å². The normalized spacial score (nSPS) is 22.9. The summed E-state index contributed by atoms with van der Waals surface area (Å²) >= 11 is 0. The molecule has 1 aromatic carbocycles. The van der Waals surface area contributed by atoms with E-state index >= 15 is 0 Å². The number of aryl methyl sites for hydroxylation is 1. The Morgan fingerprint density at radius 3 is 2.68 bits per heavy atom. The fourth-order valence-electron chi connectivity index (χ4n) is 4.18. The molecule has 0 radical (unpaired) electrons. The van der Waals surface area contributed by atoms with Gasteiger partial charge in [0, 0.05) is 32.5 Å². The zero-order valence-corrected chi connectivity index (χ0v) is 14.7. The summed E-state index contributed by atoms with van der Waals surface area (Å²) in [6.45, 7) is 4.90. The maximum Gasteiger partial charge on any atom is 0.233 e. The molecule has 4 rings (SSSR count). The smallest absolute Gasteiger partial charge is 0.233 e. The fourth-order valence-corrected chi connectivity index (χ4v) is 4.18. The molecule has 5 nitrogen and oxygen atoms in total. The van der Waals surface area contributed by atoms with Gasteiger partial charge >= 0.3 is 0 Å². The van der Waals surface area contributed by atoms with Gasteiger partial charge in [0.2, 0.25) is 5.91 Å². The van der Waals surface area contributed by atoms with Gasteiger partial charge in [-0.3, -0.25) is 9.48 Å². The molecule has 2 fully saturated rings. The Labute approximate surface area is 148 Å². The third-order valence-corrected chi connectivity index (χ3v) is 5.64. The van der Waals surface area contributed by atoms with Crippen molar-refractivity contribution < 1.29 is 9.53 Å². The second-order valence-corrected chi connectivity index (χ2v) is 7.25. The summed E-state index contributed by atoms with van der Waals surface area (Å²) in [5.74, 6) is 0.258. The molecular formula is C20H25N3O2. The van der Waals surface area contributed by atoms with Crippen molar-refractivity contribution in [2.24, 2.45) is 0 Å². The van der Waals surface area contributed by atoms with Crippen molar-refractivity contribution in [3.63, 3.8) is 0 Å². The predicted molar refractivity (Wildman–Crippen MR) is 95.4 cm³/mol. The van der Waals surface area contributed by atoms with Crippen molar-refractivity contribution in [3.8, 4) is 0 Å². The lowest BCUT2D eigenvalue weighted by atomic mass is 9.73. The molecule has 0 aliphatic carbocycles. The lowest BCUT2D eigenvalue weighted by Gasteiger charge is -2.39. The van der Waals surface area contributed by atoms with Gasteiger partial charge in [-0.2, -0.15) is 5.10 Å². The van der Waals surface area contributed by atoms with Crippen molar-refractivity contribution in [2.45, 2.75) is 37.6 Å². The first-order valence-electron chi connectivity index (χ1n) is 9.12. The first-order chi connectivity index (χ1) is 12.2. The molecule has 1 atom stereocenters. The molecule has 2 aliphatic heterocycles. The van der Waals surface area contributed by atoms with Crippen LogP contribution < -0.4 is 0 Å². The number of likely N-dealkylation sites (tertiary alicyclic amines) is 1. The topological polar surface area (TPSA) is 47.4 Å². The largest absolute Gasteiger partial charge is 0.381 e. The van der Waals surface area contributed by atoms with Gasteiger partial charge in [-0.05, 0) is 37.3 Å². The van der Waals surface area contributed by atoms with Crippen molar-refractivity contribution in [1.82, 2.24) is 14.7 Å². The van der Waals surface area contributed by atoms with E-state index < -0.39 is 5.41 Å². The Balaban J connectivity index is 1.57. The van der Waals surface area contributed by atoms with Crippen LogP contribution in [0.3, 0.4) is 0 Å². The van der Waals surface area contributed by atoms with Gasteiger partial charge in [-0.1, -0.05) is 30.3 Å². The summed E-state index contributed by atoms with van der Waals surface area (Å²) in [5, 5.41) is 4.44. The second-order valence-electron chi connectivity index (χ2n) is 7.25. The minimum atomic E-state index is -0.436. The number of carbonyl (C=O) groups is 1. The highest BCUT2D eigenvalue weighted by Gasteiger charge is 2.45. The van der Waals surface area contributed by atoms with Crippen LogP contribution in [0.1, 0.15) is 36.4 Å². The first kappa shape index (κ1) is 16.3. The maximum absolute atomic E-state index is 13.5. The SMILES string of the molecule is Cc1cnn(C2CCN(C(=O)C3(c4ccccc4)CCOCC3)C2)c1. The Morgan fingerprint density at radius 2 is 2.00 bits per heavy atom. The number of hydrogen-bond donors (Lipinski definition) is 0. The summed E-state index contributed by atoms with van der Waals surface area (Å²) < 4.78 is 7.58. The van der Waals surface area contributed by atoms with E-state index in [4.69, 9.17) is 4.74 Å². The van der Waals surface area contributed by atoms with Crippen molar-refractivity contribution in [1.29, 1.82) is 0 Å². The quantitative estimate of drug-likeness (QED) is 0.864. The molecule has 1 aromatic heterocycles. The fraction of sp³-hybridized carbons (Fsp3) is 0.500. The Hall–Kier alpha value is -2.14. The molecule has 5 heteroatoms. The Bertz CT molecular complexity index is 734. The number of ether oxygens (including phenoxy) is 1. The summed E-state index contributed by atoms with van der Waals surface area (Å²) in [7, 11) is 0. The van der Waals surface area contributed by atoms with Crippen LogP contribution in [0.15, 0.2) is 42.7 Å². The number of carbonyl (C=O) groups excluding carboxylic acids is 1. The number of aromatic nitrogens is 2. The zero-order valence-electron chi connectivity index (χ0n) is 14.7. The average Bonchev–Trinajstić information content (AvgIpc) is 3.31. The van der Waals surface area contributed by atoms with Crippen LogP contribution in [0.2, 0.25) is 0 Å². The molecule has 2 aromatic rings. The number of rotatable bonds is 3. The number of benzene rings is 1. The highest BCUT2D eigenvalue weighted by molar-refractivity contribution is 5.88. The lowest BCUT2D eigenvalue weighted by molar-refractivity contribution is -0.140. The molecule has 1 amide bonds. The molecule has 2 saturated heterocycles. The summed E-state index contributed by atoms with van der Waals surface area (Å²) in [6, 6.07) is 10.5. The second kappa shape index (κ2) is 6.64. The maximum atomic E-state index is 13.5. The third kappa shape index (κ3) is 2.97. The molecule has 0 saturated carbocycles. The standard InChI is InChI=1S/C20H25N3O2/c1-16-13-21-23(14-16)18-7-10-22(15-18)19(24)20(8-11-25-12-9-20)17-5-3-2-4-6-17/h2-6,13-14,18H,7-12,15H2,1H3. The van der Waals surface area contributed by atoms with E-state index in [9.17, 15) is 4.79 Å². The van der Waals surface area contributed by atoms with Crippen LogP contribution in [0.4, 0.5) is 0 Å². The van der Waals surface area contributed by atoms with Crippen LogP contribution in [-0.4, -0.2) is 46.9 Å². The van der Waals surface area contributed by atoms with Crippen molar-refractivity contribution in [3.05, 3.63) is 53.9 Å². The molecule has 0 N–H and O–H groups in total. The van der Waals surface area contributed by atoms with Gasteiger partial charge in [0.1, 0.15) is 0 Å². The van der Waals surface area contributed by atoms with Crippen molar-refractivity contribution in [2.75, 3.05) is 26.3 Å². The molecule has 0 bridgehead atoms. The van der Waals surface area contributed by atoms with Gasteiger partial charge < -0.3 is 9.64 Å². The average molecular weight is 339 g/mol. The minimum Gasteiger partial charge on any atom is -0.381 e. The van der Waals surface area contributed by atoms with Crippen LogP contribution in [0, 0.1) is 6.92 Å². The molecule has 1 unspecified atom stereocenters. The predicted octanol–water partition coefficient (Wildman–Crippen LogP) is 2.71. The van der Waals surface area contributed by atoms with E-state index in [2.05, 4.69) is 23.4 Å². The summed E-state index contributed by atoms with van der Waals surface area (Å²) in [6.07, 6.45) is 6.44. The van der Waals surface area contributed by atoms with Crippen molar-refractivity contribution >= 4 is 5.91 Å². The van der Waals surface area contributed by atoms with E-state index in [1.165, 1.54) is 0 Å². The molecule has 132 valence electrons. The summed E-state index contributed by atoms with van der Waals surface area (Å²) in [5.41, 5.74) is 1.85. The first-order valence-corrected chi connectivity index (χ1v) is 9.12. The van der Waals surface area contributed by atoms with E-state index in [1.807, 2.05) is 40.9 Å². The number of amides is 1. The number of hydrogen-bond acceptors (Lipinski definition) is 3. The Kier molecular flexibility index (Phi) is 4.34. The highest BCUT2D eigenvalue weighted by atomic mass is 16.5. The third-order valence-electron chi connectivity index (χ3n) is 5.64. The minimum absolute atomic E-state index is 0.258. The van der Waals surface area contributed by atoms with E-state index in [-0.39, 0.29) is 11.9 Å². The highest BCUT2D eigenvalue weighted by Crippen LogP contribution is 2.38. The molecular weight excluding hydrogens is 314 g/mol. The van der Waals surface area contributed by atoms with Gasteiger partial charge in [0.25, 0.3) is 0 Å². The molecule has 2 aliphatic rings. The van der Waals surface area contributed by atoms with E-state index in [0.29, 0.717) is 13.2 Å². The van der Waals surface area contributed by atoms with E-state index in [0.717, 1.165) is 43.5 Å². The van der Waals surface area contributed by atoms with Crippen LogP contribution in [-0.2, 0) is 14.9 Å². The van der Waals surface area contributed by atoms with Gasteiger partial charge in [0.05, 0.1) is 17.7 Å². The lowest BCUT2D eigenvalue weighted by Crippen LogP contribution is -2.49. The van der Waals surface area contributed by atoms with Crippen LogP contribution in [0.5, 0.6) is 0 Å². The zero-order chi connectivity index (χ0) is 17.3. The van der Waals surface area contributed by atoms with Gasteiger partial charge in [-0.15, -0.1) is 0 Å². The van der Waals surface area contributed by atoms with Crippen LogP contribution in [0.25, 0.3) is 0 Å². The monoisotopic (exact) mass is 339 g/mol. The molecule has 25 heavy (non-hydrogen) atoms. The number of nitrogens with zero attached hydrogens (tertiary/aromatic N) is 3.